The molecule has 0 aromatic heterocycles. The van der Waals surface area contributed by atoms with Gasteiger partial charge in [-0.1, -0.05) is 181 Å². The summed E-state index contributed by atoms with van der Waals surface area (Å²) in [6.07, 6.45) is 36.8. The normalized spacial score (nSPS) is 12.5. The summed E-state index contributed by atoms with van der Waals surface area (Å²) in [5.74, 6) is 1.03. The van der Waals surface area contributed by atoms with Crippen molar-refractivity contribution in [2.45, 2.75) is 181 Å². The molecule has 0 aliphatic heterocycles. The molecule has 29 heavy (non-hydrogen) atoms. The van der Waals surface area contributed by atoms with Gasteiger partial charge in [0.05, 0.1) is 0 Å². The molecule has 0 nitrogen and oxygen atoms in total. The van der Waals surface area contributed by atoms with Gasteiger partial charge in [0.15, 0.2) is 0 Å². The summed E-state index contributed by atoms with van der Waals surface area (Å²) in [7, 11) is 0. The minimum absolute atomic E-state index is 1.03. The highest BCUT2D eigenvalue weighted by Crippen LogP contribution is 2.23. The minimum atomic E-state index is 1.03. The Labute approximate surface area is 187 Å². The number of rotatable bonds is 25. The first-order chi connectivity index (χ1) is 14.3. The average molecular weight is 409 g/mol. The summed E-state index contributed by atoms with van der Waals surface area (Å²) < 4.78 is 0. The molecule has 0 heterocycles. The van der Waals surface area contributed by atoms with Gasteiger partial charge in [-0.3, -0.25) is 0 Å². The van der Waals surface area contributed by atoms with Crippen LogP contribution >= 0.6 is 0 Å². The van der Waals surface area contributed by atoms with Crippen LogP contribution in [0.5, 0.6) is 0 Å². The van der Waals surface area contributed by atoms with Crippen LogP contribution in [0.2, 0.25) is 0 Å². The van der Waals surface area contributed by atoms with Gasteiger partial charge in [0, 0.05) is 0 Å². The van der Waals surface area contributed by atoms with Crippen molar-refractivity contribution in [1.82, 2.24) is 0 Å². The van der Waals surface area contributed by atoms with E-state index in [0.29, 0.717) is 0 Å². The van der Waals surface area contributed by atoms with E-state index in [2.05, 4.69) is 20.8 Å². The van der Waals surface area contributed by atoms with E-state index in [4.69, 9.17) is 0 Å². The van der Waals surface area contributed by atoms with Crippen molar-refractivity contribution < 1.29 is 0 Å². The fraction of sp³-hybridized carbons (Fsp3) is 1.00. The van der Waals surface area contributed by atoms with Gasteiger partial charge in [-0.15, -0.1) is 0 Å². The van der Waals surface area contributed by atoms with Crippen LogP contribution in [0.25, 0.3) is 0 Å². The van der Waals surface area contributed by atoms with Gasteiger partial charge < -0.3 is 0 Å². The van der Waals surface area contributed by atoms with Crippen molar-refractivity contribution in [2.24, 2.45) is 5.92 Å². The zero-order chi connectivity index (χ0) is 21.3. The molecule has 0 spiro atoms. The van der Waals surface area contributed by atoms with E-state index in [1.807, 2.05) is 0 Å². The number of unbranched alkanes of at least 4 members (excludes halogenated alkanes) is 19. The van der Waals surface area contributed by atoms with Gasteiger partial charge in [0.25, 0.3) is 0 Å². The van der Waals surface area contributed by atoms with Crippen molar-refractivity contribution in [2.75, 3.05) is 0 Å². The molecular formula is C29H60. The third-order valence-electron chi connectivity index (χ3n) is 6.88. The standard InChI is InChI=1S/C29H60/c1-4-7-9-11-13-15-16-17-19-21-23-25-28-29(26-6-3)27-24-22-20-18-14-12-10-8-5-2/h29H,4-28H2,1-3H3. The first-order valence-electron chi connectivity index (χ1n) is 14.3. The van der Waals surface area contributed by atoms with Crippen molar-refractivity contribution in [3.8, 4) is 0 Å². The lowest BCUT2D eigenvalue weighted by Gasteiger charge is -2.16. The molecule has 0 aromatic rings. The van der Waals surface area contributed by atoms with Crippen LogP contribution in [0.3, 0.4) is 0 Å². The summed E-state index contributed by atoms with van der Waals surface area (Å²) >= 11 is 0. The van der Waals surface area contributed by atoms with Gasteiger partial charge >= 0.3 is 0 Å². The average Bonchev–Trinajstić information content (AvgIpc) is 2.73. The molecule has 0 rings (SSSR count). The predicted octanol–water partition coefficient (Wildman–Crippen LogP) is 11.4. The number of hydrogen-bond donors (Lipinski definition) is 0. The summed E-state index contributed by atoms with van der Waals surface area (Å²) in [6, 6.07) is 0. The Kier molecular flexibility index (Phi) is 26.0. The van der Waals surface area contributed by atoms with Crippen LogP contribution < -0.4 is 0 Å². The maximum absolute atomic E-state index is 2.38. The van der Waals surface area contributed by atoms with Crippen LogP contribution in [0, 0.1) is 5.92 Å². The Bertz CT molecular complexity index is 269. The number of hydrogen-bond acceptors (Lipinski definition) is 0. The Hall–Kier alpha value is 0. The van der Waals surface area contributed by atoms with E-state index in [1.54, 1.807) is 0 Å². The Morgan fingerprint density at radius 2 is 0.552 bits per heavy atom. The second-order valence-electron chi connectivity index (χ2n) is 9.95. The zero-order valence-electron chi connectivity index (χ0n) is 21.3. The lowest BCUT2D eigenvalue weighted by atomic mass is 9.90. The van der Waals surface area contributed by atoms with E-state index in [9.17, 15) is 0 Å². The topological polar surface area (TPSA) is 0 Å². The Morgan fingerprint density at radius 1 is 0.276 bits per heavy atom. The van der Waals surface area contributed by atoms with E-state index in [-0.39, 0.29) is 0 Å². The monoisotopic (exact) mass is 408 g/mol. The maximum atomic E-state index is 2.38. The SMILES string of the molecule is CCCCCCCCCCCCCCC(CCC)CCCCCCCCCCC. The van der Waals surface area contributed by atoms with E-state index < -0.39 is 0 Å². The minimum Gasteiger partial charge on any atom is -0.0654 e. The second kappa shape index (κ2) is 26.0. The van der Waals surface area contributed by atoms with Crippen LogP contribution in [0.15, 0.2) is 0 Å². The van der Waals surface area contributed by atoms with Gasteiger partial charge in [-0.25, -0.2) is 0 Å². The first kappa shape index (κ1) is 29.0. The maximum Gasteiger partial charge on any atom is -0.0414 e. The molecule has 1 atom stereocenters. The summed E-state index contributed by atoms with van der Waals surface area (Å²) in [5, 5.41) is 0. The third kappa shape index (κ3) is 24.1. The molecule has 0 fully saturated rings. The van der Waals surface area contributed by atoms with Gasteiger partial charge in [0.2, 0.25) is 0 Å². The summed E-state index contributed by atoms with van der Waals surface area (Å²) in [4.78, 5) is 0. The van der Waals surface area contributed by atoms with Crippen LogP contribution in [-0.2, 0) is 0 Å². The molecule has 0 aliphatic rings. The quantitative estimate of drug-likeness (QED) is 0.132. The van der Waals surface area contributed by atoms with Crippen molar-refractivity contribution in [1.29, 1.82) is 0 Å². The van der Waals surface area contributed by atoms with E-state index >= 15 is 0 Å². The van der Waals surface area contributed by atoms with Crippen molar-refractivity contribution >= 4 is 0 Å². The third-order valence-corrected chi connectivity index (χ3v) is 6.88. The Balaban J connectivity index is 3.39. The lowest BCUT2D eigenvalue weighted by molar-refractivity contribution is 0.376. The highest BCUT2D eigenvalue weighted by Gasteiger charge is 2.07. The fourth-order valence-corrected chi connectivity index (χ4v) is 4.86. The molecular weight excluding hydrogens is 348 g/mol. The molecule has 0 N–H and O–H groups in total. The molecule has 176 valence electrons. The van der Waals surface area contributed by atoms with E-state index in [1.165, 1.54) is 161 Å². The largest absolute Gasteiger partial charge is 0.0654 e. The van der Waals surface area contributed by atoms with Crippen molar-refractivity contribution in [3.63, 3.8) is 0 Å². The van der Waals surface area contributed by atoms with Crippen molar-refractivity contribution in [3.05, 3.63) is 0 Å². The zero-order valence-corrected chi connectivity index (χ0v) is 21.3. The smallest absolute Gasteiger partial charge is 0.0414 e. The molecule has 0 saturated heterocycles. The highest BCUT2D eigenvalue weighted by molar-refractivity contribution is 4.61. The molecule has 0 aromatic carbocycles. The van der Waals surface area contributed by atoms with Crippen LogP contribution in [0.4, 0.5) is 0 Å². The lowest BCUT2D eigenvalue weighted by Crippen LogP contribution is -2.00. The molecule has 0 radical (unpaired) electrons. The molecule has 0 amide bonds. The summed E-state index contributed by atoms with van der Waals surface area (Å²) in [6.45, 7) is 7.00. The Morgan fingerprint density at radius 3 is 0.828 bits per heavy atom. The molecule has 0 saturated carbocycles. The van der Waals surface area contributed by atoms with Gasteiger partial charge in [0.1, 0.15) is 0 Å². The predicted molar refractivity (Wildman–Crippen MR) is 136 cm³/mol. The molecule has 1 unspecified atom stereocenters. The molecule has 0 bridgehead atoms. The van der Waals surface area contributed by atoms with Crippen LogP contribution in [-0.4, -0.2) is 0 Å². The van der Waals surface area contributed by atoms with Crippen LogP contribution in [0.1, 0.15) is 181 Å². The van der Waals surface area contributed by atoms with Gasteiger partial charge in [-0.2, -0.15) is 0 Å². The summed E-state index contributed by atoms with van der Waals surface area (Å²) in [5.41, 5.74) is 0. The van der Waals surface area contributed by atoms with E-state index in [0.717, 1.165) is 5.92 Å². The fourth-order valence-electron chi connectivity index (χ4n) is 4.86. The first-order valence-corrected chi connectivity index (χ1v) is 14.3. The molecule has 0 heteroatoms. The highest BCUT2D eigenvalue weighted by atomic mass is 14.1. The van der Waals surface area contributed by atoms with Gasteiger partial charge in [-0.05, 0) is 5.92 Å². The second-order valence-corrected chi connectivity index (χ2v) is 9.95. The molecule has 0 aliphatic carbocycles.